The number of rotatable bonds is 0. The Kier molecular flexibility index (Phi) is 2.21. The molecule has 0 unspecified atom stereocenters. The molecule has 70 valence electrons. The first-order valence-electron chi connectivity index (χ1n) is 3.98. The molecule has 0 aromatic heterocycles. The second kappa shape index (κ2) is 2.76. The van der Waals surface area contributed by atoms with Crippen LogP contribution in [0.4, 0.5) is 0 Å². The minimum absolute atomic E-state index is 0.0382. The molecule has 0 saturated carbocycles. The molecule has 0 aromatic rings. The van der Waals surface area contributed by atoms with Gasteiger partial charge in [0.15, 0.2) is 9.84 Å². The van der Waals surface area contributed by atoms with Crippen LogP contribution in [-0.4, -0.2) is 37.4 Å². The van der Waals surface area contributed by atoms with Crippen LogP contribution < -0.4 is 0 Å². The zero-order valence-electron chi connectivity index (χ0n) is 7.74. The largest absolute Gasteiger partial charge is 0.374 e. The summed E-state index contributed by atoms with van der Waals surface area (Å²) < 4.78 is 22.9. The van der Waals surface area contributed by atoms with Gasteiger partial charge in [-0.15, -0.1) is 0 Å². The van der Waals surface area contributed by atoms with E-state index in [2.05, 4.69) is 6.58 Å². The Morgan fingerprint density at radius 1 is 1.50 bits per heavy atom. The van der Waals surface area contributed by atoms with Crippen LogP contribution in [0, 0.1) is 0 Å². The summed E-state index contributed by atoms with van der Waals surface area (Å²) >= 11 is 0. The van der Waals surface area contributed by atoms with E-state index >= 15 is 0 Å². The highest BCUT2D eigenvalue weighted by Gasteiger charge is 2.35. The average Bonchev–Trinajstić information content (AvgIpc) is 1.97. The maximum atomic E-state index is 11.5. The summed E-state index contributed by atoms with van der Waals surface area (Å²) in [6.07, 6.45) is 0. The molecule has 1 fully saturated rings. The van der Waals surface area contributed by atoms with Gasteiger partial charge in [0.25, 0.3) is 0 Å². The Morgan fingerprint density at radius 3 is 2.50 bits per heavy atom. The second-order valence-electron chi connectivity index (χ2n) is 3.43. The van der Waals surface area contributed by atoms with Crippen molar-refractivity contribution in [3.05, 3.63) is 12.3 Å². The van der Waals surface area contributed by atoms with Crippen molar-refractivity contribution in [2.24, 2.45) is 0 Å². The van der Waals surface area contributed by atoms with Crippen molar-refractivity contribution in [2.45, 2.75) is 25.1 Å². The van der Waals surface area contributed by atoms with Crippen molar-refractivity contribution in [1.29, 1.82) is 0 Å². The fourth-order valence-corrected chi connectivity index (χ4v) is 3.08. The molecule has 1 saturated heterocycles. The summed E-state index contributed by atoms with van der Waals surface area (Å²) in [5.41, 5.74) is 0.695. The molecule has 0 bridgehead atoms. The topological polar surface area (TPSA) is 37.4 Å². The minimum atomic E-state index is -2.93. The molecule has 0 amide bonds. The molecular formula is C8H15NO2S. The van der Waals surface area contributed by atoms with E-state index in [1.54, 1.807) is 6.92 Å². The highest BCUT2D eigenvalue weighted by molar-refractivity contribution is 7.92. The fraction of sp³-hybridized carbons (Fsp3) is 0.750. The van der Waals surface area contributed by atoms with Gasteiger partial charge in [0, 0.05) is 18.8 Å². The quantitative estimate of drug-likeness (QED) is 0.561. The zero-order chi connectivity index (χ0) is 9.52. The van der Waals surface area contributed by atoms with E-state index in [9.17, 15) is 8.42 Å². The standard InChI is InChI=1S/C8H15NO2S/c1-6-5-12(10,11)8(3)7(2)9(6)4/h7-8H,1,5H2,2-4H3/t7-,8+/m0/s1. The van der Waals surface area contributed by atoms with Crippen molar-refractivity contribution >= 4 is 9.84 Å². The summed E-state index contributed by atoms with van der Waals surface area (Å²) in [4.78, 5) is 1.94. The van der Waals surface area contributed by atoms with Crippen molar-refractivity contribution in [2.75, 3.05) is 12.8 Å². The molecule has 1 aliphatic heterocycles. The predicted octanol–water partition coefficient (Wildman–Crippen LogP) is 0.637. The van der Waals surface area contributed by atoms with Gasteiger partial charge in [-0.1, -0.05) is 6.58 Å². The number of nitrogens with zero attached hydrogens (tertiary/aromatic N) is 1. The average molecular weight is 189 g/mol. The Labute approximate surface area is 74.0 Å². The summed E-state index contributed by atoms with van der Waals surface area (Å²) in [7, 11) is -1.05. The first-order valence-corrected chi connectivity index (χ1v) is 5.70. The number of hydrogen-bond donors (Lipinski definition) is 0. The maximum absolute atomic E-state index is 11.5. The van der Waals surface area contributed by atoms with E-state index in [1.807, 2.05) is 18.9 Å². The third-order valence-electron chi connectivity index (χ3n) is 2.72. The molecule has 0 spiro atoms. The summed E-state index contributed by atoms with van der Waals surface area (Å²) in [6, 6.07) is 0.0382. The first-order chi connectivity index (χ1) is 5.36. The Bertz CT molecular complexity index is 294. The van der Waals surface area contributed by atoms with Crippen LogP contribution >= 0.6 is 0 Å². The lowest BCUT2D eigenvalue weighted by Crippen LogP contribution is -2.48. The van der Waals surface area contributed by atoms with Gasteiger partial charge in [-0.05, 0) is 13.8 Å². The minimum Gasteiger partial charge on any atom is -0.374 e. The van der Waals surface area contributed by atoms with Gasteiger partial charge in [-0.2, -0.15) is 0 Å². The zero-order valence-corrected chi connectivity index (χ0v) is 8.56. The molecule has 1 heterocycles. The van der Waals surface area contributed by atoms with Crippen LogP contribution in [0.5, 0.6) is 0 Å². The molecule has 3 nitrogen and oxygen atoms in total. The molecule has 1 rings (SSSR count). The molecule has 0 aliphatic carbocycles. The van der Waals surface area contributed by atoms with E-state index in [0.29, 0.717) is 5.70 Å². The highest BCUT2D eigenvalue weighted by Crippen LogP contribution is 2.23. The van der Waals surface area contributed by atoms with E-state index < -0.39 is 9.84 Å². The molecule has 1 aliphatic rings. The van der Waals surface area contributed by atoms with Crippen LogP contribution in [0.1, 0.15) is 13.8 Å². The van der Waals surface area contributed by atoms with E-state index in [-0.39, 0.29) is 17.0 Å². The highest BCUT2D eigenvalue weighted by atomic mass is 32.2. The molecule has 2 atom stereocenters. The monoisotopic (exact) mass is 189 g/mol. The smallest absolute Gasteiger partial charge is 0.160 e. The normalized spacial score (nSPS) is 35.2. The van der Waals surface area contributed by atoms with Gasteiger partial charge < -0.3 is 4.90 Å². The van der Waals surface area contributed by atoms with Crippen LogP contribution in [-0.2, 0) is 9.84 Å². The Hall–Kier alpha value is -0.510. The molecule has 0 radical (unpaired) electrons. The number of hydrogen-bond acceptors (Lipinski definition) is 3. The summed E-state index contributed by atoms with van der Waals surface area (Å²) in [6.45, 7) is 7.38. The predicted molar refractivity (Wildman–Crippen MR) is 49.6 cm³/mol. The SMILES string of the molecule is C=C1CS(=O)(=O)[C@H](C)[C@H](C)N1C. The van der Waals surface area contributed by atoms with Crippen molar-refractivity contribution in [1.82, 2.24) is 4.90 Å². The van der Waals surface area contributed by atoms with Crippen LogP contribution in [0.3, 0.4) is 0 Å². The summed E-state index contributed by atoms with van der Waals surface area (Å²) in [5.74, 6) is 0.106. The summed E-state index contributed by atoms with van der Waals surface area (Å²) in [5, 5.41) is -0.284. The molecule has 0 aromatic carbocycles. The lowest BCUT2D eigenvalue weighted by molar-refractivity contribution is 0.305. The first kappa shape index (κ1) is 9.58. The van der Waals surface area contributed by atoms with Crippen molar-refractivity contribution in [3.63, 3.8) is 0 Å². The number of sulfone groups is 1. The third-order valence-corrected chi connectivity index (χ3v) is 4.99. The van der Waals surface area contributed by atoms with Crippen LogP contribution in [0.15, 0.2) is 12.3 Å². The van der Waals surface area contributed by atoms with Crippen LogP contribution in [0.25, 0.3) is 0 Å². The Morgan fingerprint density at radius 2 is 2.00 bits per heavy atom. The molecule has 0 N–H and O–H groups in total. The molecule has 4 heteroatoms. The van der Waals surface area contributed by atoms with Gasteiger partial charge in [0.2, 0.25) is 0 Å². The Balaban J connectivity index is 3.01. The lowest BCUT2D eigenvalue weighted by atomic mass is 10.2. The van der Waals surface area contributed by atoms with Gasteiger partial charge >= 0.3 is 0 Å². The van der Waals surface area contributed by atoms with E-state index in [0.717, 1.165) is 0 Å². The van der Waals surface area contributed by atoms with Crippen molar-refractivity contribution < 1.29 is 8.42 Å². The van der Waals surface area contributed by atoms with Gasteiger partial charge in [0.1, 0.15) is 0 Å². The third kappa shape index (κ3) is 1.35. The van der Waals surface area contributed by atoms with Crippen molar-refractivity contribution in [3.8, 4) is 0 Å². The molecular weight excluding hydrogens is 174 g/mol. The maximum Gasteiger partial charge on any atom is 0.160 e. The fourth-order valence-electron chi connectivity index (χ4n) is 1.37. The lowest BCUT2D eigenvalue weighted by Gasteiger charge is -2.37. The van der Waals surface area contributed by atoms with E-state index in [4.69, 9.17) is 0 Å². The molecule has 12 heavy (non-hydrogen) atoms. The van der Waals surface area contributed by atoms with Gasteiger partial charge in [-0.3, -0.25) is 0 Å². The van der Waals surface area contributed by atoms with Gasteiger partial charge in [0.05, 0.1) is 11.0 Å². The van der Waals surface area contributed by atoms with Gasteiger partial charge in [-0.25, -0.2) is 8.42 Å². The van der Waals surface area contributed by atoms with Crippen LogP contribution in [0.2, 0.25) is 0 Å². The van der Waals surface area contributed by atoms with E-state index in [1.165, 1.54) is 0 Å². The second-order valence-corrected chi connectivity index (χ2v) is 5.79.